The number of nitrogens with zero attached hydrogens (tertiary/aromatic N) is 6. The second kappa shape index (κ2) is 19.7. The molecule has 2 aromatic carbocycles. The van der Waals surface area contributed by atoms with E-state index in [-0.39, 0.29) is 16.9 Å². The Morgan fingerprint density at radius 2 is 1.12 bits per heavy atom. The van der Waals surface area contributed by atoms with Crippen LogP contribution < -0.4 is 24.6 Å². The van der Waals surface area contributed by atoms with Crippen molar-refractivity contribution in [2.45, 2.75) is 76.0 Å². The van der Waals surface area contributed by atoms with Crippen LogP contribution in [0.2, 0.25) is 10.0 Å². The number of benzene rings is 2. The van der Waals surface area contributed by atoms with Gasteiger partial charge in [-0.15, -0.1) is 0 Å². The minimum atomic E-state index is -1.70. The van der Waals surface area contributed by atoms with Gasteiger partial charge in [0.15, 0.2) is 0 Å². The van der Waals surface area contributed by atoms with E-state index in [1.165, 1.54) is 30.3 Å². The van der Waals surface area contributed by atoms with Crippen molar-refractivity contribution in [3.63, 3.8) is 0 Å². The van der Waals surface area contributed by atoms with Crippen LogP contribution in [0, 0.1) is 53.1 Å². The molecule has 12 nitrogen and oxygen atoms in total. The molecule has 2 N–H and O–H groups in total. The van der Waals surface area contributed by atoms with Crippen LogP contribution in [-0.4, -0.2) is 82.9 Å². The van der Waals surface area contributed by atoms with Gasteiger partial charge in [-0.3, -0.25) is 9.59 Å². The summed E-state index contributed by atoms with van der Waals surface area (Å²) in [6.07, 6.45) is 16.6. The van der Waals surface area contributed by atoms with E-state index in [0.717, 1.165) is 90.4 Å². The van der Waals surface area contributed by atoms with Gasteiger partial charge in [0.1, 0.15) is 29.1 Å². The zero-order valence-corrected chi connectivity index (χ0v) is 37.3. The van der Waals surface area contributed by atoms with Crippen LogP contribution in [-0.2, 0) is 9.59 Å². The molecule has 9 rings (SSSR count). The van der Waals surface area contributed by atoms with Gasteiger partial charge in [-0.1, -0.05) is 35.3 Å². The van der Waals surface area contributed by atoms with Gasteiger partial charge in [-0.05, 0) is 118 Å². The normalized spacial score (nSPS) is 23.3. The van der Waals surface area contributed by atoms with Gasteiger partial charge in [0.25, 0.3) is 0 Å². The van der Waals surface area contributed by atoms with Crippen molar-refractivity contribution in [3.05, 3.63) is 94.0 Å². The van der Waals surface area contributed by atoms with Crippen molar-refractivity contribution < 1.29 is 33.0 Å². The van der Waals surface area contributed by atoms with E-state index in [1.807, 2.05) is 0 Å². The number of nitrogens with one attached hydrogen (secondary N) is 1. The maximum absolute atomic E-state index is 16.1. The lowest BCUT2D eigenvalue weighted by Crippen LogP contribution is -2.37. The number of rotatable bonds is 19. The standard InChI is InChI=1S/C48H55Cl2F2N7O5/c49-33-24-54-47(55-25-33)58-13-7-29(8-14-58)39-19-31(39)11-17-63-35-3-5-37(41(51)21-35)43(45(60)53-23-28-1-2-28)44(46(61)62)38-6-4-36(22-42(38)52)64-18-12-32-20-40(32)30-9-15-59(16-10-30)48-56-26-34(50)27-57-48/h3-6,21-22,24-32,39-40,43-44H,1-2,7-20,23H2,(H,53,60)(H,61,62)/t31-,32-,39-,40-,43?,44?/m1/s1. The molecule has 4 aromatic rings. The molecule has 2 aliphatic heterocycles. The lowest BCUT2D eigenvalue weighted by Gasteiger charge is -2.32. The summed E-state index contributed by atoms with van der Waals surface area (Å²) in [4.78, 5) is 48.6. The van der Waals surface area contributed by atoms with E-state index in [9.17, 15) is 14.7 Å². The molecule has 6 atom stereocenters. The van der Waals surface area contributed by atoms with Crippen LogP contribution in [0.5, 0.6) is 11.5 Å². The Morgan fingerprint density at radius 3 is 1.53 bits per heavy atom. The molecular formula is C48H55Cl2F2N7O5. The highest BCUT2D eigenvalue weighted by Crippen LogP contribution is 2.51. The Hall–Kier alpha value is -4.82. The van der Waals surface area contributed by atoms with Crippen molar-refractivity contribution >= 4 is 47.0 Å². The molecule has 340 valence electrons. The topological polar surface area (TPSA) is 143 Å². The number of hydrogen-bond donors (Lipinski definition) is 2. The van der Waals surface area contributed by atoms with E-state index in [4.69, 9.17) is 32.7 Å². The highest BCUT2D eigenvalue weighted by molar-refractivity contribution is 6.30. The van der Waals surface area contributed by atoms with Crippen molar-refractivity contribution in [1.82, 2.24) is 25.3 Å². The predicted octanol–water partition coefficient (Wildman–Crippen LogP) is 8.97. The Balaban J connectivity index is 0.775. The fourth-order valence-corrected chi connectivity index (χ4v) is 10.5. The van der Waals surface area contributed by atoms with E-state index in [1.54, 1.807) is 30.9 Å². The van der Waals surface area contributed by atoms with Gasteiger partial charge in [0, 0.05) is 56.0 Å². The van der Waals surface area contributed by atoms with E-state index in [0.29, 0.717) is 88.9 Å². The molecule has 1 amide bonds. The Morgan fingerprint density at radius 1 is 0.688 bits per heavy atom. The smallest absolute Gasteiger partial charge is 0.312 e. The fourth-order valence-electron chi connectivity index (χ4n) is 10.3. The largest absolute Gasteiger partial charge is 0.493 e. The van der Waals surface area contributed by atoms with E-state index >= 15 is 8.78 Å². The van der Waals surface area contributed by atoms with Gasteiger partial charge >= 0.3 is 5.97 Å². The van der Waals surface area contributed by atoms with Gasteiger partial charge in [0.2, 0.25) is 17.8 Å². The number of hydrogen-bond acceptors (Lipinski definition) is 10. The van der Waals surface area contributed by atoms with Crippen molar-refractivity contribution in [2.75, 3.05) is 55.7 Å². The number of carboxylic acid groups (broad SMARTS) is 1. The molecular weight excluding hydrogens is 863 g/mol. The summed E-state index contributed by atoms with van der Waals surface area (Å²) < 4.78 is 44.1. The number of halogens is 4. The number of carbonyl (C=O) groups is 2. The highest BCUT2D eigenvalue weighted by Gasteiger charge is 2.45. The number of carboxylic acids is 1. The van der Waals surface area contributed by atoms with Crippen LogP contribution in [0.4, 0.5) is 20.7 Å². The number of carbonyl (C=O) groups excluding carboxylic acids is 1. The molecule has 0 bridgehead atoms. The third kappa shape index (κ3) is 10.8. The first-order chi connectivity index (χ1) is 31.1. The number of amides is 1. The molecule has 2 aromatic heterocycles. The maximum atomic E-state index is 16.1. The van der Waals surface area contributed by atoms with E-state index in [2.05, 4.69) is 35.1 Å². The number of anilines is 2. The van der Waals surface area contributed by atoms with Gasteiger partial charge in [-0.25, -0.2) is 28.7 Å². The molecule has 2 saturated heterocycles. The van der Waals surface area contributed by atoms with Crippen molar-refractivity contribution in [3.8, 4) is 11.5 Å². The number of aromatic nitrogens is 4. The fraction of sp³-hybridized carbons (Fsp3) is 0.542. The van der Waals surface area contributed by atoms with Crippen LogP contribution in [0.15, 0.2) is 61.2 Å². The molecule has 5 aliphatic rings. The average Bonchev–Trinajstić information content (AvgIpc) is 4.18. The van der Waals surface area contributed by atoms with Gasteiger partial charge in [-0.2, -0.15) is 0 Å². The highest BCUT2D eigenvalue weighted by atomic mass is 35.5. The summed E-state index contributed by atoms with van der Waals surface area (Å²) in [6.45, 7) is 4.75. The zero-order valence-electron chi connectivity index (χ0n) is 35.8. The minimum Gasteiger partial charge on any atom is -0.493 e. The van der Waals surface area contributed by atoms with Crippen LogP contribution in [0.25, 0.3) is 0 Å². The molecule has 3 saturated carbocycles. The molecule has 5 fully saturated rings. The summed E-state index contributed by atoms with van der Waals surface area (Å²) in [6, 6.07) is 8.21. The second-order valence-electron chi connectivity index (χ2n) is 18.5. The molecule has 4 heterocycles. The monoisotopic (exact) mass is 917 g/mol. The van der Waals surface area contributed by atoms with Crippen molar-refractivity contribution in [2.24, 2.45) is 41.4 Å². The quantitative estimate of drug-likeness (QED) is 0.0931. The molecule has 0 radical (unpaired) electrons. The van der Waals surface area contributed by atoms with Crippen LogP contribution in [0.1, 0.15) is 87.2 Å². The minimum absolute atomic E-state index is 0.131. The summed E-state index contributed by atoms with van der Waals surface area (Å²) in [7, 11) is 0. The van der Waals surface area contributed by atoms with Gasteiger partial charge in [0.05, 0.1) is 54.0 Å². The maximum Gasteiger partial charge on any atom is 0.312 e. The number of aliphatic carboxylic acids is 1. The molecule has 16 heteroatoms. The summed E-state index contributed by atoms with van der Waals surface area (Å²) >= 11 is 11.9. The van der Waals surface area contributed by atoms with Gasteiger partial charge < -0.3 is 29.7 Å². The van der Waals surface area contributed by atoms with Crippen LogP contribution in [0.3, 0.4) is 0 Å². The second-order valence-corrected chi connectivity index (χ2v) is 19.4. The molecule has 64 heavy (non-hydrogen) atoms. The molecule has 2 unspecified atom stereocenters. The first kappa shape index (κ1) is 44.4. The van der Waals surface area contributed by atoms with Crippen LogP contribution >= 0.6 is 23.2 Å². The Kier molecular flexibility index (Phi) is 13.7. The predicted molar refractivity (Wildman–Crippen MR) is 239 cm³/mol. The summed E-state index contributed by atoms with van der Waals surface area (Å²) in [5, 5.41) is 14.4. The average molecular weight is 919 g/mol. The lowest BCUT2D eigenvalue weighted by atomic mass is 9.80. The third-order valence-corrected chi connectivity index (χ3v) is 14.7. The summed E-state index contributed by atoms with van der Waals surface area (Å²) in [5.74, 6) is -1.08. The van der Waals surface area contributed by atoms with E-state index < -0.39 is 35.3 Å². The lowest BCUT2D eigenvalue weighted by molar-refractivity contribution is -0.142. The zero-order chi connectivity index (χ0) is 44.3. The number of piperidine rings is 2. The molecule has 3 aliphatic carbocycles. The number of ether oxygens (including phenoxy) is 2. The first-order valence-corrected chi connectivity index (χ1v) is 23.6. The van der Waals surface area contributed by atoms with Crippen molar-refractivity contribution in [1.29, 1.82) is 0 Å². The first-order valence-electron chi connectivity index (χ1n) is 22.9. The third-order valence-electron chi connectivity index (χ3n) is 14.3. The Labute approximate surface area is 382 Å². The summed E-state index contributed by atoms with van der Waals surface area (Å²) in [5.41, 5.74) is -0.347. The Bertz CT molecular complexity index is 2260. The SMILES string of the molecule is O=C(O)C(c1ccc(OCC[C@@H]2C[C@@H]2C2CCN(c3ncc(Cl)cn3)CC2)cc1F)C(C(=O)NCC1CC1)c1ccc(OCC[C@@H]2C[C@@H]2C2CCN(c3ncc(Cl)cn3)CC2)cc1F. The molecule has 0 spiro atoms.